The van der Waals surface area contributed by atoms with Crippen LogP contribution in [0.3, 0.4) is 0 Å². The smallest absolute Gasteiger partial charge is 0.337 e. The SMILES string of the molecule is COC(=O)/C(C)=C(/F)Cl. The third-order valence-corrected chi connectivity index (χ3v) is 1.06. The monoisotopic (exact) mass is 152 g/mol. The van der Waals surface area contributed by atoms with E-state index in [0.717, 1.165) is 7.11 Å². The lowest BCUT2D eigenvalue weighted by Crippen LogP contribution is -2.01. The van der Waals surface area contributed by atoms with Crippen LogP contribution in [0.1, 0.15) is 6.92 Å². The first-order chi connectivity index (χ1) is 4.09. The number of halogens is 2. The van der Waals surface area contributed by atoms with E-state index in [1.165, 1.54) is 6.92 Å². The molecule has 0 aromatic rings. The molecule has 0 aromatic carbocycles. The summed E-state index contributed by atoms with van der Waals surface area (Å²) in [5, 5.41) is -1.03. The van der Waals surface area contributed by atoms with Crippen LogP contribution in [0.5, 0.6) is 0 Å². The molecule has 0 aromatic heterocycles. The lowest BCUT2D eigenvalue weighted by Gasteiger charge is -1.94. The fourth-order valence-electron chi connectivity index (χ4n) is 0.230. The normalized spacial score (nSPS) is 12.4. The van der Waals surface area contributed by atoms with Crippen molar-refractivity contribution in [2.24, 2.45) is 0 Å². The second-order valence-electron chi connectivity index (χ2n) is 1.38. The molecule has 0 saturated heterocycles. The lowest BCUT2D eigenvalue weighted by molar-refractivity contribution is -0.136. The minimum Gasteiger partial charge on any atom is -0.466 e. The quantitative estimate of drug-likeness (QED) is 0.422. The van der Waals surface area contributed by atoms with Gasteiger partial charge in [-0.25, -0.2) is 4.79 Å². The predicted molar refractivity (Wildman–Crippen MR) is 31.7 cm³/mol. The van der Waals surface area contributed by atoms with Gasteiger partial charge in [-0.15, -0.1) is 0 Å². The Morgan fingerprint density at radius 1 is 1.67 bits per heavy atom. The van der Waals surface area contributed by atoms with Crippen molar-refractivity contribution in [2.75, 3.05) is 7.11 Å². The molecule has 4 heteroatoms. The summed E-state index contributed by atoms with van der Waals surface area (Å²) < 4.78 is 16.0. The van der Waals surface area contributed by atoms with Crippen LogP contribution in [-0.4, -0.2) is 13.1 Å². The molecule has 0 radical (unpaired) electrons. The van der Waals surface area contributed by atoms with Crippen molar-refractivity contribution < 1.29 is 13.9 Å². The van der Waals surface area contributed by atoms with Gasteiger partial charge in [-0.1, -0.05) is 11.6 Å². The van der Waals surface area contributed by atoms with Crippen molar-refractivity contribution in [3.63, 3.8) is 0 Å². The molecule has 0 aliphatic carbocycles. The Morgan fingerprint density at radius 3 is 2.22 bits per heavy atom. The number of carbonyl (C=O) groups is 1. The minimum atomic E-state index is -1.03. The van der Waals surface area contributed by atoms with Gasteiger partial charge in [0.15, 0.2) is 5.29 Å². The molecule has 0 saturated carbocycles. The fraction of sp³-hybridized carbons (Fsp3) is 0.400. The summed E-state index contributed by atoms with van der Waals surface area (Å²) in [6, 6.07) is 0. The second kappa shape index (κ2) is 3.45. The van der Waals surface area contributed by atoms with Crippen molar-refractivity contribution in [3.05, 3.63) is 10.9 Å². The highest BCUT2D eigenvalue weighted by Crippen LogP contribution is 2.10. The van der Waals surface area contributed by atoms with Crippen LogP contribution in [0.15, 0.2) is 10.9 Å². The van der Waals surface area contributed by atoms with Crippen LogP contribution in [0.4, 0.5) is 4.39 Å². The Balaban J connectivity index is 4.21. The fourth-order valence-corrected chi connectivity index (χ4v) is 0.307. The van der Waals surface area contributed by atoms with E-state index in [1.54, 1.807) is 0 Å². The van der Waals surface area contributed by atoms with Crippen LogP contribution in [0, 0.1) is 0 Å². The van der Waals surface area contributed by atoms with Crippen LogP contribution in [0.25, 0.3) is 0 Å². The van der Waals surface area contributed by atoms with Gasteiger partial charge in [-0.3, -0.25) is 0 Å². The molecule has 0 amide bonds. The standard InChI is InChI=1S/C5H6ClFO2/c1-3(4(6)7)5(8)9-2/h1-2H3/b4-3+. The van der Waals surface area contributed by atoms with Crippen molar-refractivity contribution in [2.45, 2.75) is 6.92 Å². The summed E-state index contributed by atoms with van der Waals surface area (Å²) in [6.07, 6.45) is 0. The number of carbonyl (C=O) groups excluding carboxylic acids is 1. The van der Waals surface area contributed by atoms with E-state index >= 15 is 0 Å². The Bertz CT molecular complexity index is 149. The van der Waals surface area contributed by atoms with Gasteiger partial charge in [-0.2, -0.15) is 4.39 Å². The minimum absolute atomic E-state index is 0.209. The molecular weight excluding hydrogens is 147 g/mol. The third kappa shape index (κ3) is 2.46. The Kier molecular flexibility index (Phi) is 3.24. The van der Waals surface area contributed by atoms with Crippen molar-refractivity contribution in [1.29, 1.82) is 0 Å². The van der Waals surface area contributed by atoms with Gasteiger partial charge in [0.2, 0.25) is 0 Å². The molecule has 0 atom stereocenters. The lowest BCUT2D eigenvalue weighted by atomic mass is 10.4. The zero-order valence-electron chi connectivity index (χ0n) is 5.07. The summed E-state index contributed by atoms with van der Waals surface area (Å²) in [7, 11) is 1.16. The van der Waals surface area contributed by atoms with Gasteiger partial charge in [-0.05, 0) is 6.92 Å². The number of hydrogen-bond donors (Lipinski definition) is 0. The van der Waals surface area contributed by atoms with E-state index in [0.29, 0.717) is 0 Å². The number of methoxy groups -OCH3 is 1. The molecule has 2 nitrogen and oxygen atoms in total. The second-order valence-corrected chi connectivity index (χ2v) is 1.71. The highest BCUT2D eigenvalue weighted by atomic mass is 35.5. The van der Waals surface area contributed by atoms with Gasteiger partial charge >= 0.3 is 5.97 Å². The number of hydrogen-bond acceptors (Lipinski definition) is 2. The van der Waals surface area contributed by atoms with Crippen molar-refractivity contribution >= 4 is 17.6 Å². The van der Waals surface area contributed by atoms with Crippen molar-refractivity contribution in [1.82, 2.24) is 0 Å². The van der Waals surface area contributed by atoms with Gasteiger partial charge in [0.05, 0.1) is 12.7 Å². The molecule has 0 N–H and O–H groups in total. The topological polar surface area (TPSA) is 26.3 Å². The molecular formula is C5H6ClFO2. The zero-order valence-corrected chi connectivity index (χ0v) is 5.83. The molecule has 9 heavy (non-hydrogen) atoms. The first-order valence-electron chi connectivity index (χ1n) is 2.19. The molecule has 0 spiro atoms. The zero-order chi connectivity index (χ0) is 7.44. The average Bonchev–Trinajstić information content (AvgIpc) is 1.84. The Hall–Kier alpha value is -0.570. The van der Waals surface area contributed by atoms with Crippen LogP contribution < -0.4 is 0 Å². The molecule has 0 rings (SSSR count). The van der Waals surface area contributed by atoms with Crippen LogP contribution >= 0.6 is 11.6 Å². The Morgan fingerprint density at radius 2 is 2.11 bits per heavy atom. The molecule has 0 aliphatic heterocycles. The summed E-state index contributed by atoms with van der Waals surface area (Å²) >= 11 is 4.81. The maximum Gasteiger partial charge on any atom is 0.337 e. The van der Waals surface area contributed by atoms with E-state index < -0.39 is 11.3 Å². The van der Waals surface area contributed by atoms with Crippen molar-refractivity contribution in [3.8, 4) is 0 Å². The summed E-state index contributed by atoms with van der Waals surface area (Å²) in [4.78, 5) is 10.3. The molecule has 0 unspecified atom stereocenters. The maximum absolute atomic E-state index is 11.9. The van der Waals surface area contributed by atoms with E-state index in [9.17, 15) is 9.18 Å². The van der Waals surface area contributed by atoms with Gasteiger partial charge < -0.3 is 4.74 Å². The summed E-state index contributed by atoms with van der Waals surface area (Å²) in [5.74, 6) is -0.748. The van der Waals surface area contributed by atoms with Crippen LogP contribution in [-0.2, 0) is 9.53 Å². The van der Waals surface area contributed by atoms with Crippen LogP contribution in [0.2, 0.25) is 0 Å². The van der Waals surface area contributed by atoms with Gasteiger partial charge in [0.1, 0.15) is 0 Å². The Labute approximate surface area is 57.3 Å². The average molecular weight is 153 g/mol. The molecule has 0 bridgehead atoms. The molecule has 0 heterocycles. The highest BCUT2D eigenvalue weighted by Gasteiger charge is 2.07. The predicted octanol–water partition coefficient (Wildman–Crippen LogP) is 1.60. The number of rotatable bonds is 1. The molecule has 0 fully saturated rings. The number of ether oxygens (including phenoxy) is 1. The highest BCUT2D eigenvalue weighted by molar-refractivity contribution is 6.30. The third-order valence-electron chi connectivity index (χ3n) is 0.775. The van der Waals surface area contributed by atoms with Gasteiger partial charge in [0, 0.05) is 0 Å². The van der Waals surface area contributed by atoms with E-state index in [4.69, 9.17) is 11.6 Å². The number of esters is 1. The molecule has 52 valence electrons. The summed E-state index contributed by atoms with van der Waals surface area (Å²) in [6.45, 7) is 1.24. The molecule has 0 aliphatic rings. The van der Waals surface area contributed by atoms with Gasteiger partial charge in [0.25, 0.3) is 0 Å². The van der Waals surface area contributed by atoms with E-state index in [1.807, 2.05) is 0 Å². The van der Waals surface area contributed by atoms with E-state index in [2.05, 4.69) is 4.74 Å². The first-order valence-corrected chi connectivity index (χ1v) is 2.57. The summed E-state index contributed by atoms with van der Waals surface area (Å²) in [5.41, 5.74) is -0.209. The van der Waals surface area contributed by atoms with E-state index in [-0.39, 0.29) is 5.57 Å². The largest absolute Gasteiger partial charge is 0.466 e. The maximum atomic E-state index is 11.9. The first kappa shape index (κ1) is 8.43.